The minimum absolute atomic E-state index is 0.0132. The van der Waals surface area contributed by atoms with Gasteiger partial charge < -0.3 is 23.7 Å². The lowest BCUT2D eigenvalue weighted by Gasteiger charge is -2.13. The van der Waals surface area contributed by atoms with Crippen LogP contribution in [0.3, 0.4) is 0 Å². The first-order chi connectivity index (χ1) is 12.1. The van der Waals surface area contributed by atoms with E-state index in [0.29, 0.717) is 39.2 Å². The number of aliphatic hydroxyl groups excluding tert-OH is 1. The molecule has 3 aromatic rings. The van der Waals surface area contributed by atoms with Crippen molar-refractivity contribution in [3.8, 4) is 17.2 Å². The summed E-state index contributed by atoms with van der Waals surface area (Å²) in [5.74, 6) is 1.23. The van der Waals surface area contributed by atoms with Gasteiger partial charge in [-0.25, -0.2) is 0 Å². The monoisotopic (exact) mass is 364 g/mol. The number of fused-ring (bicyclic) bond motifs is 2. The van der Waals surface area contributed by atoms with E-state index in [1.807, 2.05) is 0 Å². The van der Waals surface area contributed by atoms with Crippen LogP contribution >= 0.6 is 11.6 Å². The fourth-order valence-corrected chi connectivity index (χ4v) is 2.65. The normalized spacial score (nSPS) is 12.3. The molecule has 0 bridgehead atoms. The number of hydrogen-bond acceptors (Lipinski definition) is 6. The van der Waals surface area contributed by atoms with Gasteiger partial charge in [0.25, 0.3) is 0 Å². The third kappa shape index (κ3) is 3.23. The van der Waals surface area contributed by atoms with Gasteiger partial charge in [0, 0.05) is 12.1 Å². The number of aliphatic hydroxyl groups is 1. The van der Waals surface area contributed by atoms with Gasteiger partial charge in [0.2, 0.25) is 5.43 Å². The SMILES string of the molecule is COc1cccc2c(=O)c3c(OC)cc(OCC(O)CCl)cc3oc12. The number of halogens is 1. The molecule has 6 nitrogen and oxygen atoms in total. The minimum atomic E-state index is -0.799. The molecule has 0 saturated carbocycles. The van der Waals surface area contributed by atoms with E-state index in [1.54, 1.807) is 30.3 Å². The molecule has 0 aliphatic carbocycles. The maximum atomic E-state index is 12.9. The second-order valence-corrected chi connectivity index (χ2v) is 5.69. The molecule has 1 N–H and O–H groups in total. The molecule has 25 heavy (non-hydrogen) atoms. The third-order valence-electron chi connectivity index (χ3n) is 3.76. The zero-order valence-corrected chi connectivity index (χ0v) is 14.5. The number of ether oxygens (including phenoxy) is 3. The Kier molecular flexibility index (Phi) is 5.01. The van der Waals surface area contributed by atoms with Crippen LogP contribution in [0.15, 0.2) is 39.5 Å². The van der Waals surface area contributed by atoms with E-state index in [0.717, 1.165) is 0 Å². The van der Waals surface area contributed by atoms with Crippen molar-refractivity contribution in [1.82, 2.24) is 0 Å². The van der Waals surface area contributed by atoms with Gasteiger partial charge in [0.05, 0.1) is 25.5 Å². The van der Waals surface area contributed by atoms with Crippen LogP contribution < -0.4 is 19.6 Å². The molecule has 0 spiro atoms. The maximum absolute atomic E-state index is 12.9. The summed E-state index contributed by atoms with van der Waals surface area (Å²) in [5.41, 5.74) is 0.429. The second-order valence-electron chi connectivity index (χ2n) is 5.39. The molecule has 132 valence electrons. The van der Waals surface area contributed by atoms with Gasteiger partial charge in [-0.2, -0.15) is 0 Å². The van der Waals surface area contributed by atoms with Crippen LogP contribution in [-0.2, 0) is 0 Å². The molecule has 1 atom stereocenters. The van der Waals surface area contributed by atoms with Crippen LogP contribution in [0.2, 0.25) is 0 Å². The number of benzene rings is 2. The Hall–Kier alpha value is -2.44. The molecule has 7 heteroatoms. The number of hydrogen-bond donors (Lipinski definition) is 1. The molecule has 0 radical (unpaired) electrons. The summed E-state index contributed by atoms with van der Waals surface area (Å²) in [6.07, 6.45) is -0.799. The first kappa shape index (κ1) is 17.4. The average molecular weight is 365 g/mol. The Balaban J connectivity index is 2.22. The van der Waals surface area contributed by atoms with Gasteiger partial charge >= 0.3 is 0 Å². The molecular formula is C18H17ClO6. The fourth-order valence-electron chi connectivity index (χ4n) is 2.56. The lowest BCUT2D eigenvalue weighted by Crippen LogP contribution is -2.18. The van der Waals surface area contributed by atoms with Crippen LogP contribution in [0, 0.1) is 0 Å². The van der Waals surface area contributed by atoms with Crippen molar-refractivity contribution in [1.29, 1.82) is 0 Å². The van der Waals surface area contributed by atoms with Crippen molar-refractivity contribution in [2.75, 3.05) is 26.7 Å². The first-order valence-electron chi connectivity index (χ1n) is 7.57. The van der Waals surface area contributed by atoms with Crippen LogP contribution in [0.4, 0.5) is 0 Å². The highest BCUT2D eigenvalue weighted by Gasteiger charge is 2.17. The highest BCUT2D eigenvalue weighted by atomic mass is 35.5. The largest absolute Gasteiger partial charge is 0.496 e. The molecule has 0 fully saturated rings. The summed E-state index contributed by atoms with van der Waals surface area (Å²) in [6.45, 7) is 0.0132. The summed E-state index contributed by atoms with van der Waals surface area (Å²) in [7, 11) is 2.97. The van der Waals surface area contributed by atoms with Crippen molar-refractivity contribution < 1.29 is 23.7 Å². The van der Waals surface area contributed by atoms with E-state index in [2.05, 4.69) is 0 Å². The van der Waals surface area contributed by atoms with E-state index < -0.39 is 6.10 Å². The summed E-state index contributed by atoms with van der Waals surface area (Å²) < 4.78 is 22.0. The lowest BCUT2D eigenvalue weighted by atomic mass is 10.1. The van der Waals surface area contributed by atoms with Gasteiger partial charge in [0.1, 0.15) is 35.2 Å². The van der Waals surface area contributed by atoms with E-state index >= 15 is 0 Å². The van der Waals surface area contributed by atoms with Crippen molar-refractivity contribution in [2.24, 2.45) is 0 Å². The smallest absolute Gasteiger partial charge is 0.204 e. The molecule has 0 aliphatic heterocycles. The van der Waals surface area contributed by atoms with Gasteiger partial charge in [-0.15, -0.1) is 11.6 Å². The predicted molar refractivity (Wildman–Crippen MR) is 95.3 cm³/mol. The molecule has 2 aromatic carbocycles. The summed E-state index contributed by atoms with van der Waals surface area (Å²) >= 11 is 5.56. The Morgan fingerprint density at radius 3 is 2.64 bits per heavy atom. The third-order valence-corrected chi connectivity index (χ3v) is 4.12. The maximum Gasteiger partial charge on any atom is 0.204 e. The summed E-state index contributed by atoms with van der Waals surface area (Å²) in [6, 6.07) is 8.26. The predicted octanol–water partition coefficient (Wildman–Crippen LogP) is 2.94. The zero-order valence-electron chi connectivity index (χ0n) is 13.7. The summed E-state index contributed by atoms with van der Waals surface area (Å²) in [4.78, 5) is 12.9. The van der Waals surface area contributed by atoms with Crippen molar-refractivity contribution in [2.45, 2.75) is 6.10 Å². The van der Waals surface area contributed by atoms with E-state index in [1.165, 1.54) is 14.2 Å². The molecule has 0 saturated heterocycles. The van der Waals surface area contributed by atoms with Crippen molar-refractivity contribution >= 4 is 33.5 Å². The second kappa shape index (κ2) is 7.21. The van der Waals surface area contributed by atoms with Gasteiger partial charge in [-0.3, -0.25) is 4.79 Å². The van der Waals surface area contributed by atoms with E-state index in [9.17, 15) is 9.90 Å². The Morgan fingerprint density at radius 1 is 1.20 bits per heavy atom. The summed E-state index contributed by atoms with van der Waals surface area (Å²) in [5, 5.41) is 10.2. The Bertz CT molecular complexity index is 965. The fraction of sp³-hybridized carbons (Fsp3) is 0.278. The van der Waals surface area contributed by atoms with Crippen LogP contribution in [0.1, 0.15) is 0 Å². The van der Waals surface area contributed by atoms with E-state index in [4.69, 9.17) is 30.2 Å². The standard InChI is InChI=1S/C18H17ClO6/c1-22-13-5-3-4-12-17(21)16-14(23-2)6-11(24-9-10(20)8-19)7-15(16)25-18(12)13/h3-7,10,20H,8-9H2,1-2H3. The molecular weight excluding hydrogens is 348 g/mol. The minimum Gasteiger partial charge on any atom is -0.496 e. The highest BCUT2D eigenvalue weighted by Crippen LogP contribution is 2.33. The topological polar surface area (TPSA) is 78.1 Å². The van der Waals surface area contributed by atoms with Crippen LogP contribution in [0.25, 0.3) is 21.9 Å². The quantitative estimate of drug-likeness (QED) is 0.535. The van der Waals surface area contributed by atoms with Gasteiger partial charge in [-0.1, -0.05) is 6.07 Å². The zero-order chi connectivity index (χ0) is 18.0. The molecule has 0 aliphatic rings. The number of para-hydroxylation sites is 1. The number of alkyl halides is 1. The average Bonchev–Trinajstić information content (AvgIpc) is 2.64. The molecule has 1 unspecified atom stereocenters. The first-order valence-corrected chi connectivity index (χ1v) is 8.11. The molecule has 1 aromatic heterocycles. The highest BCUT2D eigenvalue weighted by molar-refractivity contribution is 6.18. The van der Waals surface area contributed by atoms with E-state index in [-0.39, 0.29) is 17.9 Å². The van der Waals surface area contributed by atoms with Crippen molar-refractivity contribution in [3.05, 3.63) is 40.6 Å². The number of methoxy groups -OCH3 is 2. The van der Waals surface area contributed by atoms with Crippen LogP contribution in [-0.4, -0.2) is 37.9 Å². The van der Waals surface area contributed by atoms with Gasteiger partial charge in [0.15, 0.2) is 11.3 Å². The Labute approximate surface area is 148 Å². The number of rotatable bonds is 6. The van der Waals surface area contributed by atoms with Crippen molar-refractivity contribution in [3.63, 3.8) is 0 Å². The Morgan fingerprint density at radius 2 is 1.96 bits per heavy atom. The van der Waals surface area contributed by atoms with Crippen LogP contribution in [0.5, 0.6) is 17.2 Å². The molecule has 1 heterocycles. The molecule has 0 amide bonds. The lowest BCUT2D eigenvalue weighted by molar-refractivity contribution is 0.125. The van der Waals surface area contributed by atoms with Gasteiger partial charge in [-0.05, 0) is 12.1 Å². The molecule has 3 rings (SSSR count).